The zero-order valence-corrected chi connectivity index (χ0v) is 14.8. The summed E-state index contributed by atoms with van der Waals surface area (Å²) in [5, 5.41) is 13.5. The van der Waals surface area contributed by atoms with Crippen LogP contribution in [-0.4, -0.2) is 21.8 Å². The van der Waals surface area contributed by atoms with E-state index in [0.717, 1.165) is 33.3 Å². The highest BCUT2D eigenvalue weighted by Gasteiger charge is 2.12. The number of hydrogen-bond acceptors (Lipinski definition) is 3. The fraction of sp³-hybridized carbons (Fsp3) is 0.0455. The summed E-state index contributed by atoms with van der Waals surface area (Å²) in [5.41, 5.74) is 6.33. The molecule has 1 amide bonds. The molecule has 0 aliphatic carbocycles. The van der Waals surface area contributed by atoms with Crippen molar-refractivity contribution in [3.05, 3.63) is 90.1 Å². The molecule has 2 N–H and O–H groups in total. The average molecular weight is 354 g/mol. The van der Waals surface area contributed by atoms with Gasteiger partial charge in [-0.2, -0.15) is 10.2 Å². The SMILES string of the molecule is C/C(=N\NC(=O)c1cc(-c2cccc3ccccc23)n[nH]1)c1ccccc1. The summed E-state index contributed by atoms with van der Waals surface area (Å²) >= 11 is 0. The lowest BCUT2D eigenvalue weighted by molar-refractivity contribution is 0.0950. The molecular weight excluding hydrogens is 336 g/mol. The highest BCUT2D eigenvalue weighted by Crippen LogP contribution is 2.27. The fourth-order valence-electron chi connectivity index (χ4n) is 2.96. The third-order valence-corrected chi connectivity index (χ3v) is 4.40. The van der Waals surface area contributed by atoms with Gasteiger partial charge in [0.1, 0.15) is 5.69 Å². The van der Waals surface area contributed by atoms with Crippen molar-refractivity contribution in [2.75, 3.05) is 0 Å². The summed E-state index contributed by atoms with van der Waals surface area (Å²) in [5.74, 6) is -0.329. The Bertz CT molecular complexity index is 1120. The van der Waals surface area contributed by atoms with Crippen molar-refractivity contribution in [2.24, 2.45) is 5.10 Å². The Hall–Kier alpha value is -3.73. The van der Waals surface area contributed by atoms with Gasteiger partial charge < -0.3 is 0 Å². The molecule has 1 heterocycles. The number of benzene rings is 3. The van der Waals surface area contributed by atoms with Crippen LogP contribution in [0.1, 0.15) is 23.0 Å². The molecule has 132 valence electrons. The first-order chi connectivity index (χ1) is 13.2. The summed E-state index contributed by atoms with van der Waals surface area (Å²) < 4.78 is 0. The third kappa shape index (κ3) is 3.48. The molecule has 0 saturated heterocycles. The number of H-pyrrole nitrogens is 1. The highest BCUT2D eigenvalue weighted by atomic mass is 16.2. The van der Waals surface area contributed by atoms with Gasteiger partial charge in [0, 0.05) is 5.56 Å². The van der Waals surface area contributed by atoms with Crippen molar-refractivity contribution >= 4 is 22.4 Å². The molecule has 0 aliphatic rings. The summed E-state index contributed by atoms with van der Waals surface area (Å²) in [6.07, 6.45) is 0. The van der Waals surface area contributed by atoms with E-state index < -0.39 is 0 Å². The predicted octanol–water partition coefficient (Wildman–Crippen LogP) is 4.38. The molecule has 5 heteroatoms. The van der Waals surface area contributed by atoms with E-state index in [2.05, 4.69) is 32.9 Å². The number of aromatic amines is 1. The molecule has 5 nitrogen and oxygen atoms in total. The molecule has 4 aromatic rings. The van der Waals surface area contributed by atoms with Gasteiger partial charge in [-0.25, -0.2) is 5.43 Å². The molecular formula is C22H18N4O. The van der Waals surface area contributed by atoms with Gasteiger partial charge >= 0.3 is 0 Å². The van der Waals surface area contributed by atoms with E-state index in [4.69, 9.17) is 0 Å². The van der Waals surface area contributed by atoms with Gasteiger partial charge in [-0.1, -0.05) is 72.8 Å². The van der Waals surface area contributed by atoms with Gasteiger partial charge in [-0.3, -0.25) is 9.89 Å². The lowest BCUT2D eigenvalue weighted by atomic mass is 10.0. The second kappa shape index (κ2) is 7.25. The average Bonchev–Trinajstić information content (AvgIpc) is 3.22. The number of nitrogens with one attached hydrogen (secondary N) is 2. The number of carbonyl (C=O) groups excluding carboxylic acids is 1. The van der Waals surface area contributed by atoms with E-state index in [-0.39, 0.29) is 5.91 Å². The predicted molar refractivity (Wildman–Crippen MR) is 108 cm³/mol. The molecule has 3 aromatic carbocycles. The number of amides is 1. The van der Waals surface area contributed by atoms with Gasteiger partial charge in [0.2, 0.25) is 0 Å². The summed E-state index contributed by atoms with van der Waals surface area (Å²) in [4.78, 5) is 12.4. The van der Waals surface area contributed by atoms with Crippen molar-refractivity contribution in [1.29, 1.82) is 0 Å². The van der Waals surface area contributed by atoms with Gasteiger partial charge in [-0.15, -0.1) is 0 Å². The number of carbonyl (C=O) groups is 1. The number of hydrogen-bond donors (Lipinski definition) is 2. The van der Waals surface area contributed by atoms with E-state index in [9.17, 15) is 4.79 Å². The quantitative estimate of drug-likeness (QED) is 0.422. The lowest BCUT2D eigenvalue weighted by Gasteiger charge is -2.03. The van der Waals surface area contributed by atoms with Crippen molar-refractivity contribution in [3.63, 3.8) is 0 Å². The Kier molecular flexibility index (Phi) is 4.49. The molecule has 0 atom stereocenters. The minimum atomic E-state index is -0.329. The molecule has 0 radical (unpaired) electrons. The van der Waals surface area contributed by atoms with Crippen molar-refractivity contribution < 1.29 is 4.79 Å². The zero-order valence-electron chi connectivity index (χ0n) is 14.8. The van der Waals surface area contributed by atoms with E-state index in [1.54, 1.807) is 6.07 Å². The molecule has 4 rings (SSSR count). The van der Waals surface area contributed by atoms with Gasteiger partial charge in [0.15, 0.2) is 0 Å². The van der Waals surface area contributed by atoms with E-state index in [1.807, 2.05) is 67.6 Å². The lowest BCUT2D eigenvalue weighted by Crippen LogP contribution is -2.19. The fourth-order valence-corrected chi connectivity index (χ4v) is 2.96. The van der Waals surface area contributed by atoms with Crippen LogP contribution in [0.3, 0.4) is 0 Å². The first kappa shape index (κ1) is 16.7. The normalized spacial score (nSPS) is 11.5. The molecule has 0 saturated carbocycles. The van der Waals surface area contributed by atoms with Gasteiger partial charge in [0.25, 0.3) is 5.91 Å². The number of aromatic nitrogens is 2. The molecule has 0 aliphatic heterocycles. The maximum absolute atomic E-state index is 12.4. The molecule has 0 bridgehead atoms. The number of rotatable bonds is 4. The second-order valence-corrected chi connectivity index (χ2v) is 6.20. The van der Waals surface area contributed by atoms with E-state index in [0.29, 0.717) is 5.69 Å². The smallest absolute Gasteiger partial charge is 0.272 e. The number of hydrazone groups is 1. The minimum Gasteiger partial charge on any atom is -0.272 e. The van der Waals surface area contributed by atoms with E-state index >= 15 is 0 Å². The molecule has 0 unspecified atom stereocenters. The minimum absolute atomic E-state index is 0.329. The van der Waals surface area contributed by atoms with Gasteiger partial charge in [0.05, 0.1) is 11.4 Å². The number of fused-ring (bicyclic) bond motifs is 1. The first-order valence-corrected chi connectivity index (χ1v) is 8.66. The Morgan fingerprint density at radius 3 is 2.56 bits per heavy atom. The monoisotopic (exact) mass is 354 g/mol. The molecule has 0 spiro atoms. The van der Waals surface area contributed by atoms with Gasteiger partial charge in [-0.05, 0) is 29.3 Å². The Labute approximate surface area is 156 Å². The van der Waals surface area contributed by atoms with Crippen LogP contribution in [0, 0.1) is 0 Å². The van der Waals surface area contributed by atoms with Crippen LogP contribution < -0.4 is 5.43 Å². The van der Waals surface area contributed by atoms with Crippen LogP contribution >= 0.6 is 0 Å². The van der Waals surface area contributed by atoms with Crippen LogP contribution in [0.2, 0.25) is 0 Å². The van der Waals surface area contributed by atoms with Crippen LogP contribution in [-0.2, 0) is 0 Å². The summed E-state index contributed by atoms with van der Waals surface area (Å²) in [6.45, 7) is 1.85. The Morgan fingerprint density at radius 2 is 1.70 bits per heavy atom. The van der Waals surface area contributed by atoms with Crippen LogP contribution in [0.25, 0.3) is 22.0 Å². The Balaban J connectivity index is 1.56. The second-order valence-electron chi connectivity index (χ2n) is 6.20. The van der Waals surface area contributed by atoms with Crippen LogP contribution in [0.4, 0.5) is 0 Å². The van der Waals surface area contributed by atoms with E-state index in [1.165, 1.54) is 0 Å². The summed E-state index contributed by atoms with van der Waals surface area (Å²) in [6, 6.07) is 25.6. The van der Waals surface area contributed by atoms with Crippen molar-refractivity contribution in [1.82, 2.24) is 15.6 Å². The van der Waals surface area contributed by atoms with Crippen LogP contribution in [0.5, 0.6) is 0 Å². The third-order valence-electron chi connectivity index (χ3n) is 4.40. The Morgan fingerprint density at radius 1 is 0.963 bits per heavy atom. The number of nitrogens with zero attached hydrogens (tertiary/aromatic N) is 2. The standard InChI is InChI=1S/C22H18N4O/c1-15(16-8-3-2-4-9-16)23-26-22(27)21-14-20(24-25-21)19-13-7-11-17-10-5-6-12-18(17)19/h2-14H,1H3,(H,24,25)(H,26,27)/b23-15+. The molecule has 27 heavy (non-hydrogen) atoms. The molecule has 0 fully saturated rings. The van der Waals surface area contributed by atoms with Crippen molar-refractivity contribution in [2.45, 2.75) is 6.92 Å². The zero-order chi connectivity index (χ0) is 18.6. The summed E-state index contributed by atoms with van der Waals surface area (Å²) in [7, 11) is 0. The van der Waals surface area contributed by atoms with Crippen molar-refractivity contribution in [3.8, 4) is 11.3 Å². The topological polar surface area (TPSA) is 70.1 Å². The maximum atomic E-state index is 12.4. The largest absolute Gasteiger partial charge is 0.289 e. The highest BCUT2D eigenvalue weighted by molar-refractivity contribution is 6.01. The molecule has 1 aromatic heterocycles. The maximum Gasteiger partial charge on any atom is 0.289 e. The van der Waals surface area contributed by atoms with Crippen LogP contribution in [0.15, 0.2) is 84.0 Å². The first-order valence-electron chi connectivity index (χ1n) is 8.66.